The zero-order valence-electron chi connectivity index (χ0n) is 15.2. The second kappa shape index (κ2) is 7.91. The average molecular weight is 353 g/mol. The Morgan fingerprint density at radius 3 is 2.38 bits per heavy atom. The number of rotatable bonds is 3. The van der Waals surface area contributed by atoms with E-state index in [4.69, 9.17) is 0 Å². The number of carbonyl (C=O) groups excluding carboxylic acids is 1. The highest BCUT2D eigenvalue weighted by Crippen LogP contribution is 2.23. The van der Waals surface area contributed by atoms with Crippen molar-refractivity contribution in [2.24, 2.45) is 0 Å². The summed E-state index contributed by atoms with van der Waals surface area (Å²) < 4.78 is 1.80. The number of nitrogens with one attached hydrogen (secondary N) is 1. The van der Waals surface area contributed by atoms with Crippen LogP contribution in [0.4, 0.5) is 10.5 Å². The predicted molar refractivity (Wildman–Crippen MR) is 103 cm³/mol. The number of carbonyl (C=O) groups is 1. The number of amides is 2. The van der Waals surface area contributed by atoms with Crippen LogP contribution in [0.25, 0.3) is 5.69 Å². The Kier molecular flexibility index (Phi) is 5.20. The van der Waals surface area contributed by atoms with Crippen molar-refractivity contribution in [2.75, 3.05) is 31.5 Å². The molecule has 0 bridgehead atoms. The molecule has 26 heavy (non-hydrogen) atoms. The van der Waals surface area contributed by atoms with Crippen molar-refractivity contribution in [2.45, 2.75) is 38.1 Å². The molecular weight excluding hydrogens is 326 g/mol. The minimum absolute atomic E-state index is 0.000123. The summed E-state index contributed by atoms with van der Waals surface area (Å²) in [7, 11) is 0. The number of aromatic nitrogens is 2. The first-order valence-corrected chi connectivity index (χ1v) is 9.70. The Hall–Kier alpha value is -2.34. The number of benzene rings is 1. The molecule has 2 heterocycles. The molecule has 2 aliphatic rings. The predicted octanol–water partition coefficient (Wildman–Crippen LogP) is 3.35. The van der Waals surface area contributed by atoms with Crippen LogP contribution in [0.5, 0.6) is 0 Å². The third kappa shape index (κ3) is 3.90. The summed E-state index contributed by atoms with van der Waals surface area (Å²) in [6.45, 7) is 3.62. The highest BCUT2D eigenvalue weighted by molar-refractivity contribution is 5.89. The molecule has 2 aromatic rings. The first-order chi connectivity index (χ1) is 12.8. The van der Waals surface area contributed by atoms with Crippen molar-refractivity contribution in [1.82, 2.24) is 19.6 Å². The van der Waals surface area contributed by atoms with E-state index in [1.807, 2.05) is 41.4 Å². The minimum atomic E-state index is 0.000123. The van der Waals surface area contributed by atoms with Crippen LogP contribution in [0, 0.1) is 0 Å². The van der Waals surface area contributed by atoms with Crippen LogP contribution >= 0.6 is 0 Å². The van der Waals surface area contributed by atoms with Crippen molar-refractivity contribution >= 4 is 11.7 Å². The normalized spacial score (nSPS) is 19.5. The highest BCUT2D eigenvalue weighted by atomic mass is 16.2. The van der Waals surface area contributed by atoms with Crippen LogP contribution in [0.3, 0.4) is 0 Å². The van der Waals surface area contributed by atoms with Crippen LogP contribution < -0.4 is 5.32 Å². The first kappa shape index (κ1) is 17.1. The number of piperazine rings is 1. The van der Waals surface area contributed by atoms with Crippen molar-refractivity contribution in [3.05, 3.63) is 42.7 Å². The molecule has 6 nitrogen and oxygen atoms in total. The van der Waals surface area contributed by atoms with Gasteiger partial charge in [0.15, 0.2) is 0 Å². The molecule has 1 aliphatic heterocycles. The summed E-state index contributed by atoms with van der Waals surface area (Å²) in [4.78, 5) is 17.1. The van der Waals surface area contributed by atoms with Gasteiger partial charge in [-0.05, 0) is 43.2 Å². The molecule has 1 aromatic heterocycles. The van der Waals surface area contributed by atoms with Crippen molar-refractivity contribution in [1.29, 1.82) is 0 Å². The van der Waals surface area contributed by atoms with Crippen molar-refractivity contribution in [3.8, 4) is 5.69 Å². The smallest absolute Gasteiger partial charge is 0.321 e. The molecule has 2 amide bonds. The molecular formula is C20H27N5O. The zero-order chi connectivity index (χ0) is 17.8. The van der Waals surface area contributed by atoms with Crippen LogP contribution in [0.15, 0.2) is 42.7 Å². The minimum Gasteiger partial charge on any atom is -0.322 e. The lowest BCUT2D eigenvalue weighted by Gasteiger charge is -2.40. The maximum absolute atomic E-state index is 12.5. The van der Waals surface area contributed by atoms with Crippen LogP contribution in [0.1, 0.15) is 32.1 Å². The molecule has 1 N–H and O–H groups in total. The fraction of sp³-hybridized carbons (Fsp3) is 0.500. The SMILES string of the molecule is O=C(Nc1ccc(-n2cccn2)cc1)N1CCN(C2CCCCC2)CC1. The van der Waals surface area contributed by atoms with E-state index in [1.165, 1.54) is 32.1 Å². The van der Waals surface area contributed by atoms with Crippen LogP contribution in [0.2, 0.25) is 0 Å². The Morgan fingerprint density at radius 2 is 1.73 bits per heavy atom. The Morgan fingerprint density at radius 1 is 1.00 bits per heavy atom. The molecule has 0 spiro atoms. The van der Waals surface area contributed by atoms with Crippen molar-refractivity contribution in [3.63, 3.8) is 0 Å². The van der Waals surface area contributed by atoms with Gasteiger partial charge in [0.2, 0.25) is 0 Å². The maximum atomic E-state index is 12.5. The standard InChI is InChI=1S/C20H27N5O/c26-20(22-17-7-9-19(10-8-17)25-12-4-11-21-25)24-15-13-23(14-16-24)18-5-2-1-3-6-18/h4,7-12,18H,1-3,5-6,13-16H2,(H,22,26). The van der Waals surface area contributed by atoms with Gasteiger partial charge in [0.1, 0.15) is 0 Å². The van der Waals surface area contributed by atoms with E-state index in [2.05, 4.69) is 15.3 Å². The van der Waals surface area contributed by atoms with Gasteiger partial charge in [-0.2, -0.15) is 5.10 Å². The zero-order valence-corrected chi connectivity index (χ0v) is 15.2. The van der Waals surface area contributed by atoms with Crippen LogP contribution in [-0.4, -0.2) is 57.8 Å². The van der Waals surface area contributed by atoms with Gasteiger partial charge in [-0.1, -0.05) is 19.3 Å². The van der Waals surface area contributed by atoms with Crippen molar-refractivity contribution < 1.29 is 4.79 Å². The molecule has 138 valence electrons. The highest BCUT2D eigenvalue weighted by Gasteiger charge is 2.26. The fourth-order valence-corrected chi connectivity index (χ4v) is 4.06. The Labute approximate surface area is 154 Å². The molecule has 1 saturated carbocycles. The molecule has 4 rings (SSSR count). The monoisotopic (exact) mass is 353 g/mol. The van der Waals surface area contributed by atoms with E-state index in [-0.39, 0.29) is 6.03 Å². The first-order valence-electron chi connectivity index (χ1n) is 9.70. The summed E-state index contributed by atoms with van der Waals surface area (Å²) in [6, 6.07) is 10.4. The molecule has 1 aromatic carbocycles. The van der Waals surface area contributed by atoms with Gasteiger partial charge in [-0.15, -0.1) is 0 Å². The lowest BCUT2D eigenvalue weighted by molar-refractivity contribution is 0.0943. The molecule has 1 aliphatic carbocycles. The fourth-order valence-electron chi connectivity index (χ4n) is 4.06. The van der Waals surface area contributed by atoms with E-state index >= 15 is 0 Å². The lowest BCUT2D eigenvalue weighted by Crippen LogP contribution is -2.53. The number of hydrogen-bond acceptors (Lipinski definition) is 3. The summed E-state index contributed by atoms with van der Waals surface area (Å²) >= 11 is 0. The molecule has 0 unspecified atom stereocenters. The average Bonchev–Trinajstić information content (AvgIpc) is 3.24. The number of hydrogen-bond donors (Lipinski definition) is 1. The van der Waals surface area contributed by atoms with Gasteiger partial charge in [-0.3, -0.25) is 4.90 Å². The van der Waals surface area contributed by atoms with Gasteiger partial charge < -0.3 is 10.2 Å². The second-order valence-corrected chi connectivity index (χ2v) is 7.24. The van der Waals surface area contributed by atoms with E-state index < -0.39 is 0 Å². The van der Waals surface area contributed by atoms with Gasteiger partial charge in [0, 0.05) is 50.3 Å². The van der Waals surface area contributed by atoms with E-state index in [0.717, 1.165) is 43.6 Å². The summed E-state index contributed by atoms with van der Waals surface area (Å²) in [5.41, 5.74) is 1.80. The summed E-state index contributed by atoms with van der Waals surface area (Å²) in [5.74, 6) is 0. The van der Waals surface area contributed by atoms with Gasteiger partial charge in [0.05, 0.1) is 5.69 Å². The Balaban J connectivity index is 1.28. The number of nitrogens with zero attached hydrogens (tertiary/aromatic N) is 4. The lowest BCUT2D eigenvalue weighted by atomic mass is 9.94. The van der Waals surface area contributed by atoms with Gasteiger partial charge in [-0.25, -0.2) is 9.48 Å². The molecule has 6 heteroatoms. The number of anilines is 1. The summed E-state index contributed by atoms with van der Waals surface area (Å²) in [5, 5.41) is 7.23. The molecule has 0 atom stereocenters. The second-order valence-electron chi connectivity index (χ2n) is 7.24. The van der Waals surface area contributed by atoms with E-state index in [9.17, 15) is 4.79 Å². The van der Waals surface area contributed by atoms with E-state index in [1.54, 1.807) is 10.9 Å². The molecule has 2 fully saturated rings. The third-order valence-electron chi connectivity index (χ3n) is 5.58. The van der Waals surface area contributed by atoms with Gasteiger partial charge in [0.25, 0.3) is 0 Å². The quantitative estimate of drug-likeness (QED) is 0.921. The Bertz CT molecular complexity index is 698. The topological polar surface area (TPSA) is 53.4 Å². The van der Waals surface area contributed by atoms with Gasteiger partial charge >= 0.3 is 6.03 Å². The van der Waals surface area contributed by atoms with E-state index in [0.29, 0.717) is 0 Å². The summed E-state index contributed by atoms with van der Waals surface area (Å²) in [6.07, 6.45) is 10.4. The maximum Gasteiger partial charge on any atom is 0.321 e. The largest absolute Gasteiger partial charge is 0.322 e. The molecule has 0 radical (unpaired) electrons. The van der Waals surface area contributed by atoms with Crippen LogP contribution in [-0.2, 0) is 0 Å². The third-order valence-corrected chi connectivity index (χ3v) is 5.58. The molecule has 1 saturated heterocycles. The number of urea groups is 1.